The Morgan fingerprint density at radius 1 is 1.33 bits per heavy atom. The van der Waals surface area contributed by atoms with Gasteiger partial charge in [0.15, 0.2) is 0 Å². The molecule has 1 heterocycles. The Morgan fingerprint density at radius 3 is 2.67 bits per heavy atom. The lowest BCUT2D eigenvalue weighted by atomic mass is 9.98. The second-order valence-corrected chi connectivity index (χ2v) is 8.76. The molecule has 0 aliphatic carbocycles. The fourth-order valence-electron chi connectivity index (χ4n) is 3.16. The molecule has 1 saturated heterocycles. The topological polar surface area (TPSA) is 66.5 Å². The van der Waals surface area contributed by atoms with Crippen molar-refractivity contribution < 1.29 is 17.6 Å². The van der Waals surface area contributed by atoms with Gasteiger partial charge in [0.05, 0.1) is 11.3 Å². The maximum atomic E-state index is 13.7. The van der Waals surface area contributed by atoms with Gasteiger partial charge in [-0.15, -0.1) is 0 Å². The van der Waals surface area contributed by atoms with E-state index in [0.717, 1.165) is 19.4 Å². The highest BCUT2D eigenvalue weighted by molar-refractivity contribution is 7.90. The predicted molar refractivity (Wildman–Crippen MR) is 92.2 cm³/mol. The van der Waals surface area contributed by atoms with Crippen LogP contribution in [0.15, 0.2) is 24.3 Å². The zero-order chi connectivity index (χ0) is 17.7. The first-order valence-corrected chi connectivity index (χ1v) is 10.3. The molecular weight excluding hydrogens is 331 g/mol. The minimum absolute atomic E-state index is 0.0438. The van der Waals surface area contributed by atoms with Crippen LogP contribution in [-0.4, -0.2) is 56.9 Å². The van der Waals surface area contributed by atoms with Gasteiger partial charge in [0.2, 0.25) is 0 Å². The standard InChI is InChI=1S/C17H25FN2O3S/c1-3-6-13-11-20(9-10-24(2,22)23)12-16(13)19-17(21)14-7-4-5-8-15(14)18/h4-5,7-8,13,16H,3,6,9-12H2,1-2H3,(H,19,21)/t13-,16-/m0/s1. The zero-order valence-electron chi connectivity index (χ0n) is 14.2. The largest absolute Gasteiger partial charge is 0.348 e. The molecule has 1 aliphatic heterocycles. The summed E-state index contributed by atoms with van der Waals surface area (Å²) in [4.78, 5) is 14.4. The van der Waals surface area contributed by atoms with E-state index in [2.05, 4.69) is 17.1 Å². The van der Waals surface area contributed by atoms with E-state index in [9.17, 15) is 17.6 Å². The SMILES string of the molecule is CCC[C@H]1CN(CCS(C)(=O)=O)C[C@@H]1NC(=O)c1ccccc1F. The van der Waals surface area contributed by atoms with E-state index in [1.807, 2.05) is 0 Å². The highest BCUT2D eigenvalue weighted by Crippen LogP contribution is 2.22. The average Bonchev–Trinajstić information content (AvgIpc) is 2.87. The molecule has 2 atom stereocenters. The molecule has 24 heavy (non-hydrogen) atoms. The highest BCUT2D eigenvalue weighted by Gasteiger charge is 2.33. The van der Waals surface area contributed by atoms with Gasteiger partial charge in [-0.1, -0.05) is 25.5 Å². The maximum absolute atomic E-state index is 13.7. The summed E-state index contributed by atoms with van der Waals surface area (Å²) in [7, 11) is -3.01. The molecule has 1 amide bonds. The second kappa shape index (κ2) is 8.07. The quantitative estimate of drug-likeness (QED) is 0.808. The molecule has 1 fully saturated rings. The lowest BCUT2D eigenvalue weighted by Crippen LogP contribution is -2.41. The molecule has 0 bridgehead atoms. The number of carbonyl (C=O) groups excluding carboxylic acids is 1. The van der Waals surface area contributed by atoms with E-state index in [1.165, 1.54) is 18.4 Å². The molecule has 5 nitrogen and oxygen atoms in total. The first kappa shape index (κ1) is 18.9. The number of hydrogen-bond donors (Lipinski definition) is 1. The summed E-state index contributed by atoms with van der Waals surface area (Å²) in [6.45, 7) is 3.89. The number of halogens is 1. The molecule has 1 aliphatic rings. The lowest BCUT2D eigenvalue weighted by Gasteiger charge is -2.19. The molecule has 0 radical (unpaired) electrons. The van der Waals surface area contributed by atoms with Crippen molar-refractivity contribution in [3.63, 3.8) is 0 Å². The van der Waals surface area contributed by atoms with Crippen LogP contribution in [-0.2, 0) is 9.84 Å². The molecule has 0 aromatic heterocycles. The highest BCUT2D eigenvalue weighted by atomic mass is 32.2. The molecule has 7 heteroatoms. The zero-order valence-corrected chi connectivity index (χ0v) is 15.0. The van der Waals surface area contributed by atoms with Crippen LogP contribution in [0.4, 0.5) is 4.39 Å². The van der Waals surface area contributed by atoms with Crippen molar-refractivity contribution in [3.8, 4) is 0 Å². The van der Waals surface area contributed by atoms with E-state index in [-0.39, 0.29) is 23.3 Å². The summed E-state index contributed by atoms with van der Waals surface area (Å²) < 4.78 is 36.4. The number of benzene rings is 1. The Hall–Kier alpha value is -1.47. The summed E-state index contributed by atoms with van der Waals surface area (Å²) in [5.41, 5.74) is 0.0438. The fourth-order valence-corrected chi connectivity index (χ4v) is 3.75. The summed E-state index contributed by atoms with van der Waals surface area (Å²) in [6.07, 6.45) is 3.15. The number of amides is 1. The minimum Gasteiger partial charge on any atom is -0.348 e. The van der Waals surface area contributed by atoms with Gasteiger partial charge in [-0.3, -0.25) is 9.69 Å². The monoisotopic (exact) mass is 356 g/mol. The van der Waals surface area contributed by atoms with Gasteiger partial charge in [-0.05, 0) is 24.5 Å². The lowest BCUT2D eigenvalue weighted by molar-refractivity contribution is 0.0925. The van der Waals surface area contributed by atoms with Crippen LogP contribution in [0.25, 0.3) is 0 Å². The molecule has 2 rings (SSSR count). The van der Waals surface area contributed by atoms with Crippen molar-refractivity contribution in [2.24, 2.45) is 5.92 Å². The fraction of sp³-hybridized carbons (Fsp3) is 0.588. The van der Waals surface area contributed by atoms with E-state index in [0.29, 0.717) is 13.1 Å². The summed E-state index contributed by atoms with van der Waals surface area (Å²) in [5, 5.41) is 2.93. The second-order valence-electron chi connectivity index (χ2n) is 6.50. The van der Waals surface area contributed by atoms with Crippen LogP contribution in [0.3, 0.4) is 0 Å². The first-order valence-electron chi connectivity index (χ1n) is 8.25. The molecular formula is C17H25FN2O3S. The van der Waals surface area contributed by atoms with Crippen LogP contribution in [0.5, 0.6) is 0 Å². The number of nitrogens with zero attached hydrogens (tertiary/aromatic N) is 1. The number of likely N-dealkylation sites (tertiary alicyclic amines) is 1. The number of hydrogen-bond acceptors (Lipinski definition) is 4. The van der Waals surface area contributed by atoms with Crippen molar-refractivity contribution in [2.75, 3.05) is 31.6 Å². The summed E-state index contributed by atoms with van der Waals surface area (Å²) in [6, 6.07) is 5.83. The molecule has 0 unspecified atom stereocenters. The van der Waals surface area contributed by atoms with Gasteiger partial charge in [-0.2, -0.15) is 0 Å². The van der Waals surface area contributed by atoms with Crippen molar-refractivity contribution in [1.29, 1.82) is 0 Å². The van der Waals surface area contributed by atoms with Crippen LogP contribution < -0.4 is 5.32 Å². The third-order valence-corrected chi connectivity index (χ3v) is 5.31. The van der Waals surface area contributed by atoms with E-state index >= 15 is 0 Å². The van der Waals surface area contributed by atoms with E-state index in [4.69, 9.17) is 0 Å². The van der Waals surface area contributed by atoms with Crippen LogP contribution >= 0.6 is 0 Å². The van der Waals surface area contributed by atoms with E-state index in [1.54, 1.807) is 12.1 Å². The Balaban J connectivity index is 2.01. The Bertz CT molecular complexity index is 678. The Kier molecular flexibility index (Phi) is 6.34. The van der Waals surface area contributed by atoms with Crippen molar-refractivity contribution in [3.05, 3.63) is 35.6 Å². The number of carbonyl (C=O) groups is 1. The Morgan fingerprint density at radius 2 is 2.04 bits per heavy atom. The molecule has 1 aromatic rings. The van der Waals surface area contributed by atoms with Gasteiger partial charge < -0.3 is 5.32 Å². The van der Waals surface area contributed by atoms with E-state index < -0.39 is 21.6 Å². The average molecular weight is 356 g/mol. The Labute approximate surface area is 143 Å². The molecule has 0 saturated carbocycles. The third-order valence-electron chi connectivity index (χ3n) is 4.39. The molecule has 1 aromatic carbocycles. The first-order chi connectivity index (χ1) is 11.3. The van der Waals surface area contributed by atoms with Crippen LogP contribution in [0.1, 0.15) is 30.1 Å². The minimum atomic E-state index is -3.01. The number of nitrogens with one attached hydrogen (secondary N) is 1. The van der Waals surface area contributed by atoms with Gasteiger partial charge >= 0.3 is 0 Å². The maximum Gasteiger partial charge on any atom is 0.254 e. The number of rotatable bonds is 7. The summed E-state index contributed by atoms with van der Waals surface area (Å²) >= 11 is 0. The van der Waals surface area contributed by atoms with Gasteiger partial charge in [0.25, 0.3) is 5.91 Å². The third kappa shape index (κ3) is 5.27. The van der Waals surface area contributed by atoms with Crippen molar-refractivity contribution >= 4 is 15.7 Å². The van der Waals surface area contributed by atoms with Crippen molar-refractivity contribution in [1.82, 2.24) is 10.2 Å². The van der Waals surface area contributed by atoms with Crippen LogP contribution in [0.2, 0.25) is 0 Å². The summed E-state index contributed by atoms with van der Waals surface area (Å²) in [5.74, 6) is -0.580. The number of sulfone groups is 1. The normalized spacial score (nSPS) is 21.8. The molecule has 134 valence electrons. The predicted octanol–water partition coefficient (Wildman–Crippen LogP) is 1.70. The van der Waals surface area contributed by atoms with Gasteiger partial charge in [0.1, 0.15) is 15.7 Å². The molecule has 1 N–H and O–H groups in total. The smallest absolute Gasteiger partial charge is 0.254 e. The molecule has 0 spiro atoms. The van der Waals surface area contributed by atoms with Crippen LogP contribution in [0, 0.1) is 11.7 Å². The van der Waals surface area contributed by atoms with Gasteiger partial charge in [-0.25, -0.2) is 12.8 Å². The van der Waals surface area contributed by atoms with Crippen molar-refractivity contribution in [2.45, 2.75) is 25.8 Å². The van der Waals surface area contributed by atoms with Gasteiger partial charge in [0, 0.05) is 31.9 Å².